The Labute approximate surface area is 93.7 Å². The minimum absolute atomic E-state index is 0.0559. The Morgan fingerprint density at radius 1 is 1.50 bits per heavy atom. The van der Waals surface area contributed by atoms with Crippen LogP contribution in [0.5, 0.6) is 0 Å². The van der Waals surface area contributed by atoms with Crippen LogP contribution >= 0.6 is 0 Å². The largest absolute Gasteiger partial charge is 0.389 e. The lowest BCUT2D eigenvalue weighted by atomic mass is 10.1. The lowest BCUT2D eigenvalue weighted by Crippen LogP contribution is -2.49. The lowest BCUT2D eigenvalue weighted by Gasteiger charge is -2.34. The molecule has 0 amide bonds. The minimum Gasteiger partial charge on any atom is -0.374 e. The van der Waals surface area contributed by atoms with E-state index >= 15 is 0 Å². The van der Waals surface area contributed by atoms with Crippen molar-refractivity contribution < 1.29 is 17.9 Å². The molecule has 96 valence electrons. The van der Waals surface area contributed by atoms with Crippen LogP contribution in [-0.2, 0) is 4.74 Å². The zero-order valence-corrected chi connectivity index (χ0v) is 9.46. The minimum atomic E-state index is -4.05. The molecule has 1 aliphatic rings. The summed E-state index contributed by atoms with van der Waals surface area (Å²) < 4.78 is 41.3. The zero-order valence-electron chi connectivity index (χ0n) is 9.46. The molecule has 2 atom stereocenters. The maximum Gasteiger partial charge on any atom is 0.389 e. The van der Waals surface area contributed by atoms with Crippen LogP contribution in [0.25, 0.3) is 0 Å². The second-order valence-corrected chi connectivity index (χ2v) is 4.29. The Morgan fingerprint density at radius 2 is 2.19 bits per heavy atom. The third-order valence-electron chi connectivity index (χ3n) is 2.70. The summed E-state index contributed by atoms with van der Waals surface area (Å²) in [7, 11) is 0. The molecule has 0 saturated carbocycles. The van der Waals surface area contributed by atoms with Gasteiger partial charge in [-0.2, -0.15) is 13.2 Å². The number of ether oxygens (including phenoxy) is 1. The highest BCUT2D eigenvalue weighted by Crippen LogP contribution is 2.21. The fourth-order valence-corrected chi connectivity index (χ4v) is 1.76. The van der Waals surface area contributed by atoms with Gasteiger partial charge in [0.15, 0.2) is 0 Å². The summed E-state index contributed by atoms with van der Waals surface area (Å²) in [6.45, 7) is 4.20. The topological polar surface area (TPSA) is 38.5 Å². The van der Waals surface area contributed by atoms with Crippen molar-refractivity contribution in [3.8, 4) is 0 Å². The smallest absolute Gasteiger partial charge is 0.374 e. The molecule has 1 heterocycles. The van der Waals surface area contributed by atoms with Crippen LogP contribution in [0.15, 0.2) is 0 Å². The van der Waals surface area contributed by atoms with E-state index in [1.54, 1.807) is 0 Å². The maximum absolute atomic E-state index is 12.0. The van der Waals surface area contributed by atoms with Crippen LogP contribution in [0.3, 0.4) is 0 Å². The summed E-state index contributed by atoms with van der Waals surface area (Å²) in [5.74, 6) is 0. The van der Waals surface area contributed by atoms with Crippen LogP contribution in [0.4, 0.5) is 13.2 Å². The highest BCUT2D eigenvalue weighted by Gasteiger charge is 2.28. The van der Waals surface area contributed by atoms with E-state index in [0.29, 0.717) is 26.2 Å². The van der Waals surface area contributed by atoms with Gasteiger partial charge in [-0.05, 0) is 19.9 Å². The van der Waals surface area contributed by atoms with Gasteiger partial charge in [0.2, 0.25) is 0 Å². The van der Waals surface area contributed by atoms with E-state index in [1.807, 2.05) is 11.8 Å². The van der Waals surface area contributed by atoms with Crippen molar-refractivity contribution in [2.75, 3.05) is 26.2 Å². The fraction of sp³-hybridized carbons (Fsp3) is 1.00. The van der Waals surface area contributed by atoms with E-state index in [9.17, 15) is 13.2 Å². The molecule has 3 nitrogen and oxygen atoms in total. The van der Waals surface area contributed by atoms with Crippen molar-refractivity contribution in [1.29, 1.82) is 0 Å². The quantitative estimate of drug-likeness (QED) is 0.806. The third kappa shape index (κ3) is 5.14. The number of alkyl halides is 3. The average molecular weight is 240 g/mol. The van der Waals surface area contributed by atoms with Crippen molar-refractivity contribution in [3.05, 3.63) is 0 Å². The molecular formula is C10H19F3N2O. The number of hydrogen-bond acceptors (Lipinski definition) is 3. The van der Waals surface area contributed by atoms with E-state index in [2.05, 4.69) is 0 Å². The molecule has 0 radical (unpaired) electrons. The van der Waals surface area contributed by atoms with E-state index < -0.39 is 12.6 Å². The standard InChI is InChI=1S/C10H19F3N2O/c1-8(14)9-7-15(5-6-16-9)4-2-3-10(11,12)13/h8-9H,2-7,14H2,1H3. The Kier molecular flexibility index (Phi) is 5.01. The molecule has 6 heteroatoms. The molecule has 0 bridgehead atoms. The molecule has 2 unspecified atom stereocenters. The average Bonchev–Trinajstić information content (AvgIpc) is 2.16. The highest BCUT2D eigenvalue weighted by atomic mass is 19.4. The van der Waals surface area contributed by atoms with Crippen LogP contribution in [-0.4, -0.2) is 49.5 Å². The van der Waals surface area contributed by atoms with Crippen LogP contribution in [0.1, 0.15) is 19.8 Å². The summed E-state index contributed by atoms with van der Waals surface area (Å²) in [5, 5.41) is 0. The molecule has 1 aliphatic heterocycles. The van der Waals surface area contributed by atoms with Crippen molar-refractivity contribution in [2.45, 2.75) is 38.1 Å². The molecule has 1 fully saturated rings. The number of nitrogens with two attached hydrogens (primary N) is 1. The Hall–Kier alpha value is -0.330. The monoisotopic (exact) mass is 240 g/mol. The molecule has 1 rings (SSSR count). The van der Waals surface area contributed by atoms with Gasteiger partial charge in [0.25, 0.3) is 0 Å². The van der Waals surface area contributed by atoms with E-state index in [-0.39, 0.29) is 18.6 Å². The van der Waals surface area contributed by atoms with Gasteiger partial charge >= 0.3 is 6.18 Å². The van der Waals surface area contributed by atoms with Crippen molar-refractivity contribution >= 4 is 0 Å². The van der Waals surface area contributed by atoms with Crippen LogP contribution in [0.2, 0.25) is 0 Å². The van der Waals surface area contributed by atoms with Crippen molar-refractivity contribution in [2.24, 2.45) is 5.73 Å². The Bertz CT molecular complexity index is 209. The van der Waals surface area contributed by atoms with Crippen molar-refractivity contribution in [3.63, 3.8) is 0 Å². The molecule has 0 aromatic heterocycles. The number of morpholine rings is 1. The highest BCUT2D eigenvalue weighted by molar-refractivity contribution is 4.77. The molecule has 0 aliphatic carbocycles. The van der Waals surface area contributed by atoms with Gasteiger partial charge in [0, 0.05) is 25.6 Å². The maximum atomic E-state index is 12.0. The van der Waals surface area contributed by atoms with Gasteiger partial charge in [-0.15, -0.1) is 0 Å². The number of hydrogen-bond donors (Lipinski definition) is 1. The van der Waals surface area contributed by atoms with Gasteiger partial charge in [0.05, 0.1) is 12.7 Å². The Morgan fingerprint density at radius 3 is 2.75 bits per heavy atom. The van der Waals surface area contributed by atoms with Crippen LogP contribution < -0.4 is 5.73 Å². The van der Waals surface area contributed by atoms with Crippen LogP contribution in [0, 0.1) is 0 Å². The fourth-order valence-electron chi connectivity index (χ4n) is 1.76. The first-order chi connectivity index (χ1) is 7.38. The van der Waals surface area contributed by atoms with Gasteiger partial charge < -0.3 is 10.5 Å². The third-order valence-corrected chi connectivity index (χ3v) is 2.70. The van der Waals surface area contributed by atoms with E-state index in [4.69, 9.17) is 10.5 Å². The second kappa shape index (κ2) is 5.84. The van der Waals surface area contributed by atoms with Crippen molar-refractivity contribution in [1.82, 2.24) is 4.90 Å². The molecule has 1 saturated heterocycles. The first-order valence-corrected chi connectivity index (χ1v) is 5.55. The summed E-state index contributed by atoms with van der Waals surface area (Å²) in [6, 6.07) is -0.0783. The first kappa shape index (κ1) is 13.7. The van der Waals surface area contributed by atoms with Gasteiger partial charge in [-0.25, -0.2) is 0 Å². The predicted octanol–water partition coefficient (Wildman–Crippen LogP) is 1.38. The SMILES string of the molecule is CC(N)C1CN(CCCC(F)(F)F)CCO1. The number of halogens is 3. The number of rotatable bonds is 4. The van der Waals surface area contributed by atoms with E-state index in [1.165, 1.54) is 0 Å². The summed E-state index contributed by atoms with van der Waals surface area (Å²) in [5.41, 5.74) is 5.70. The normalized spacial score (nSPS) is 25.7. The Balaban J connectivity index is 2.22. The molecule has 16 heavy (non-hydrogen) atoms. The molecular weight excluding hydrogens is 221 g/mol. The molecule has 0 aromatic carbocycles. The molecule has 0 spiro atoms. The number of nitrogens with zero attached hydrogens (tertiary/aromatic N) is 1. The zero-order chi connectivity index (χ0) is 12.2. The van der Waals surface area contributed by atoms with Gasteiger partial charge in [-0.1, -0.05) is 0 Å². The molecule has 2 N–H and O–H groups in total. The molecule has 0 aromatic rings. The first-order valence-electron chi connectivity index (χ1n) is 5.55. The summed E-state index contributed by atoms with van der Waals surface area (Å²) in [4.78, 5) is 1.99. The summed E-state index contributed by atoms with van der Waals surface area (Å²) in [6.07, 6.45) is -4.67. The lowest BCUT2D eigenvalue weighted by molar-refractivity contribution is -0.137. The van der Waals surface area contributed by atoms with Gasteiger partial charge in [0.1, 0.15) is 0 Å². The van der Waals surface area contributed by atoms with Gasteiger partial charge in [-0.3, -0.25) is 4.90 Å². The van der Waals surface area contributed by atoms with E-state index in [0.717, 1.165) is 0 Å². The second-order valence-electron chi connectivity index (χ2n) is 4.29. The summed E-state index contributed by atoms with van der Waals surface area (Å²) >= 11 is 0. The predicted molar refractivity (Wildman–Crippen MR) is 55.1 cm³/mol.